The van der Waals surface area contributed by atoms with Gasteiger partial charge in [-0.15, -0.1) is 11.3 Å². The number of aliphatic hydroxyl groups excluding tert-OH is 2. The lowest BCUT2D eigenvalue weighted by atomic mass is 9.47. The number of rotatable bonds is 6. The SMILES string of the molecule is CC1(CO)C(O)CCC2(C)C(CC(=O)NC3CC3)c3nc(NC(=O)c4cccc(F)c4)sc3CC12. The maximum atomic E-state index is 13.6. The summed E-state index contributed by atoms with van der Waals surface area (Å²) in [4.78, 5) is 31.4. The van der Waals surface area contributed by atoms with Gasteiger partial charge in [0.25, 0.3) is 5.91 Å². The van der Waals surface area contributed by atoms with E-state index in [1.165, 1.54) is 29.5 Å². The average molecular weight is 502 g/mol. The van der Waals surface area contributed by atoms with Gasteiger partial charge >= 0.3 is 0 Å². The zero-order valence-electron chi connectivity index (χ0n) is 20.0. The van der Waals surface area contributed by atoms with Crippen LogP contribution in [-0.2, 0) is 11.2 Å². The smallest absolute Gasteiger partial charge is 0.257 e. The Bertz CT molecular complexity index is 1150. The van der Waals surface area contributed by atoms with Crippen molar-refractivity contribution in [2.24, 2.45) is 16.7 Å². The largest absolute Gasteiger partial charge is 0.396 e. The van der Waals surface area contributed by atoms with E-state index < -0.39 is 23.2 Å². The lowest BCUT2D eigenvalue weighted by molar-refractivity contribution is -0.144. The van der Waals surface area contributed by atoms with Gasteiger partial charge in [-0.1, -0.05) is 19.9 Å². The van der Waals surface area contributed by atoms with Crippen molar-refractivity contribution in [1.82, 2.24) is 10.3 Å². The third kappa shape index (κ3) is 4.38. The number of anilines is 1. The van der Waals surface area contributed by atoms with E-state index in [1.807, 2.05) is 6.92 Å². The minimum Gasteiger partial charge on any atom is -0.396 e. The Morgan fingerprint density at radius 1 is 1.26 bits per heavy atom. The molecule has 4 N–H and O–H groups in total. The number of nitrogens with one attached hydrogen (secondary N) is 2. The first-order valence-corrected chi connectivity index (χ1v) is 13.1. The molecule has 0 spiro atoms. The number of benzene rings is 1. The molecule has 0 aliphatic heterocycles. The summed E-state index contributed by atoms with van der Waals surface area (Å²) in [6.07, 6.45) is 3.52. The molecule has 188 valence electrons. The second kappa shape index (κ2) is 8.94. The number of carbonyl (C=O) groups is 2. The molecule has 0 radical (unpaired) electrons. The third-order valence-electron chi connectivity index (χ3n) is 8.53. The topological polar surface area (TPSA) is 112 Å². The number of nitrogens with zero attached hydrogens (tertiary/aromatic N) is 1. The van der Waals surface area contributed by atoms with Crippen molar-refractivity contribution in [3.05, 3.63) is 46.2 Å². The lowest BCUT2D eigenvalue weighted by Crippen LogP contribution is -2.57. The Hall–Kier alpha value is -2.36. The summed E-state index contributed by atoms with van der Waals surface area (Å²) < 4.78 is 13.6. The van der Waals surface area contributed by atoms with Crippen LogP contribution >= 0.6 is 11.3 Å². The number of hydrogen-bond donors (Lipinski definition) is 4. The minimum atomic E-state index is -0.703. The number of aromatic nitrogens is 1. The van der Waals surface area contributed by atoms with Crippen molar-refractivity contribution >= 4 is 28.3 Å². The number of fused-ring (bicyclic) bond motifs is 2. The molecule has 1 heterocycles. The quantitative estimate of drug-likeness (QED) is 0.483. The third-order valence-corrected chi connectivity index (χ3v) is 9.54. The van der Waals surface area contributed by atoms with Gasteiger partial charge in [-0.25, -0.2) is 9.37 Å². The second-order valence-corrected chi connectivity index (χ2v) is 12.0. The molecule has 1 aromatic carbocycles. The highest BCUT2D eigenvalue weighted by Gasteiger charge is 2.59. The van der Waals surface area contributed by atoms with Crippen LogP contribution in [0.5, 0.6) is 0 Å². The first kappa shape index (κ1) is 24.3. The molecule has 3 aliphatic carbocycles. The van der Waals surface area contributed by atoms with Crippen LogP contribution in [0.3, 0.4) is 0 Å². The summed E-state index contributed by atoms with van der Waals surface area (Å²) in [5.74, 6) is -1.21. The number of amides is 2. The van der Waals surface area contributed by atoms with Crippen LogP contribution < -0.4 is 10.6 Å². The second-order valence-electron chi connectivity index (χ2n) is 10.9. The maximum absolute atomic E-state index is 13.6. The molecule has 2 aromatic rings. The molecule has 2 saturated carbocycles. The van der Waals surface area contributed by atoms with E-state index in [0.29, 0.717) is 18.0 Å². The van der Waals surface area contributed by atoms with Crippen molar-refractivity contribution in [1.29, 1.82) is 0 Å². The molecule has 7 nitrogen and oxygen atoms in total. The molecule has 5 unspecified atom stereocenters. The molecule has 1 aromatic heterocycles. The van der Waals surface area contributed by atoms with Crippen molar-refractivity contribution in [3.63, 3.8) is 0 Å². The molecule has 2 fully saturated rings. The van der Waals surface area contributed by atoms with E-state index >= 15 is 0 Å². The van der Waals surface area contributed by atoms with E-state index in [-0.39, 0.29) is 47.8 Å². The van der Waals surface area contributed by atoms with Gasteiger partial charge < -0.3 is 15.5 Å². The van der Waals surface area contributed by atoms with Crippen LogP contribution in [0, 0.1) is 22.6 Å². The number of aliphatic hydroxyl groups is 2. The highest BCUT2D eigenvalue weighted by Crippen LogP contribution is 2.62. The van der Waals surface area contributed by atoms with Gasteiger partial charge in [-0.05, 0) is 61.6 Å². The summed E-state index contributed by atoms with van der Waals surface area (Å²) in [6.45, 7) is 3.94. The van der Waals surface area contributed by atoms with Gasteiger partial charge in [-0.3, -0.25) is 14.9 Å². The first-order valence-electron chi connectivity index (χ1n) is 12.3. The number of halogens is 1. The van der Waals surface area contributed by atoms with Gasteiger partial charge in [-0.2, -0.15) is 0 Å². The molecule has 3 aliphatic rings. The van der Waals surface area contributed by atoms with E-state index in [9.17, 15) is 24.2 Å². The Morgan fingerprint density at radius 3 is 2.71 bits per heavy atom. The van der Waals surface area contributed by atoms with Gasteiger partial charge in [0.05, 0.1) is 18.4 Å². The fraction of sp³-hybridized carbons (Fsp3) is 0.577. The van der Waals surface area contributed by atoms with Crippen molar-refractivity contribution in [2.45, 2.75) is 70.4 Å². The minimum absolute atomic E-state index is 0.0134. The van der Waals surface area contributed by atoms with Gasteiger partial charge in [0, 0.05) is 34.2 Å². The Labute approximate surface area is 208 Å². The summed E-state index contributed by atoms with van der Waals surface area (Å²) in [5, 5.41) is 27.5. The standard InChI is InChI=1S/C26H32FN3O4S/c1-25-9-8-20(32)26(2,13-31)19(25)12-18-22(17(25)11-21(33)28-16-6-7-16)29-24(35-18)30-23(34)14-4-3-5-15(27)10-14/h3-5,10,16-17,19-20,31-32H,6-9,11-13H2,1-2H3,(H,28,33)(H,29,30,34). The van der Waals surface area contributed by atoms with Crippen LogP contribution in [0.4, 0.5) is 9.52 Å². The van der Waals surface area contributed by atoms with E-state index in [1.54, 1.807) is 6.07 Å². The number of carbonyl (C=O) groups excluding carboxylic acids is 2. The van der Waals surface area contributed by atoms with Gasteiger partial charge in [0.2, 0.25) is 5.91 Å². The molecular weight excluding hydrogens is 469 g/mol. The molecule has 0 saturated heterocycles. The summed E-state index contributed by atoms with van der Waals surface area (Å²) in [6, 6.07) is 5.74. The van der Waals surface area contributed by atoms with Crippen molar-refractivity contribution < 1.29 is 24.2 Å². The average Bonchev–Trinajstić information content (AvgIpc) is 3.54. The Morgan fingerprint density at radius 2 is 2.03 bits per heavy atom. The van der Waals surface area contributed by atoms with Crippen molar-refractivity contribution in [3.8, 4) is 0 Å². The molecule has 35 heavy (non-hydrogen) atoms. The molecule has 5 rings (SSSR count). The van der Waals surface area contributed by atoms with E-state index in [0.717, 1.165) is 29.8 Å². The number of hydrogen-bond acceptors (Lipinski definition) is 6. The van der Waals surface area contributed by atoms with Gasteiger partial charge in [0.15, 0.2) is 5.13 Å². The Balaban J connectivity index is 1.49. The zero-order chi connectivity index (χ0) is 25.0. The molecule has 9 heteroatoms. The molecule has 2 amide bonds. The predicted molar refractivity (Wildman–Crippen MR) is 131 cm³/mol. The van der Waals surface area contributed by atoms with Crippen molar-refractivity contribution in [2.75, 3.05) is 11.9 Å². The van der Waals surface area contributed by atoms with Crippen LogP contribution in [0.1, 0.15) is 72.8 Å². The highest BCUT2D eigenvalue weighted by atomic mass is 32.1. The number of thiazole rings is 1. The summed E-state index contributed by atoms with van der Waals surface area (Å²) in [7, 11) is 0. The van der Waals surface area contributed by atoms with Crippen LogP contribution in [-0.4, -0.2) is 45.8 Å². The summed E-state index contributed by atoms with van der Waals surface area (Å²) in [5.41, 5.74) is -0.0334. The predicted octanol–water partition coefficient (Wildman–Crippen LogP) is 3.62. The van der Waals surface area contributed by atoms with E-state index in [4.69, 9.17) is 4.98 Å². The maximum Gasteiger partial charge on any atom is 0.257 e. The van der Waals surface area contributed by atoms with E-state index in [2.05, 4.69) is 17.6 Å². The van der Waals surface area contributed by atoms with Crippen LogP contribution in [0.2, 0.25) is 0 Å². The monoisotopic (exact) mass is 501 g/mol. The molecule has 0 bridgehead atoms. The van der Waals surface area contributed by atoms with Gasteiger partial charge in [0.1, 0.15) is 5.82 Å². The van der Waals surface area contributed by atoms with Crippen LogP contribution in [0.25, 0.3) is 0 Å². The molecular formula is C26H32FN3O4S. The molecule has 5 atom stereocenters. The highest BCUT2D eigenvalue weighted by molar-refractivity contribution is 7.15. The summed E-state index contributed by atoms with van der Waals surface area (Å²) >= 11 is 1.35. The fourth-order valence-electron chi connectivity index (χ4n) is 6.20. The zero-order valence-corrected chi connectivity index (χ0v) is 20.8. The Kier molecular flexibility index (Phi) is 6.22. The fourth-order valence-corrected chi connectivity index (χ4v) is 7.26. The normalized spacial score (nSPS) is 31.9. The lowest BCUT2D eigenvalue weighted by Gasteiger charge is -2.58. The van der Waals surface area contributed by atoms with Crippen LogP contribution in [0.15, 0.2) is 24.3 Å². The first-order chi connectivity index (χ1) is 16.6.